The van der Waals surface area contributed by atoms with Gasteiger partial charge in [0.1, 0.15) is 5.82 Å². The van der Waals surface area contributed by atoms with E-state index in [2.05, 4.69) is 31.0 Å². The topological polar surface area (TPSA) is 150 Å². The first kappa shape index (κ1) is 25.6. The van der Waals surface area contributed by atoms with Crippen LogP contribution >= 0.6 is 0 Å². The summed E-state index contributed by atoms with van der Waals surface area (Å²) in [6, 6.07) is 15.5. The molecule has 1 amide bonds. The van der Waals surface area contributed by atoms with Crippen LogP contribution in [0.3, 0.4) is 0 Å². The van der Waals surface area contributed by atoms with E-state index in [1.807, 2.05) is 13.0 Å². The fraction of sp³-hybridized carbons (Fsp3) is 0.250. The number of benzene rings is 2. The summed E-state index contributed by atoms with van der Waals surface area (Å²) < 4.78 is 21.2. The van der Waals surface area contributed by atoms with Gasteiger partial charge in [0.25, 0.3) is 0 Å². The molecule has 11 heteroatoms. The molecule has 1 aromatic heterocycles. The number of carbonyl (C=O) groups excluding carboxylic acids is 1. The van der Waals surface area contributed by atoms with E-state index in [0.717, 1.165) is 5.56 Å². The van der Waals surface area contributed by atoms with E-state index in [0.29, 0.717) is 33.5 Å². The van der Waals surface area contributed by atoms with E-state index in [4.69, 9.17) is 4.74 Å². The number of carbonyl (C=O) groups is 1. The van der Waals surface area contributed by atoms with Gasteiger partial charge in [0.2, 0.25) is 5.95 Å². The number of nitrogens with zero attached hydrogens (tertiary/aromatic N) is 4. The predicted molar refractivity (Wildman–Crippen MR) is 134 cm³/mol. The molecule has 0 fully saturated rings. The SMILES string of the molecule is CCOC(=O)N=S(C)(=O)c1ccc(Nc2ncc(-c3cccc(C#N)c3)c(N[C@H](C)CO)n2)cc1. The summed E-state index contributed by atoms with van der Waals surface area (Å²) >= 11 is 0. The summed E-state index contributed by atoms with van der Waals surface area (Å²) in [4.78, 5) is 20.9. The van der Waals surface area contributed by atoms with Crippen LogP contribution in [0.2, 0.25) is 0 Å². The van der Waals surface area contributed by atoms with Crippen LogP contribution < -0.4 is 10.6 Å². The number of aliphatic hydroxyl groups is 1. The molecule has 0 radical (unpaired) electrons. The number of anilines is 3. The summed E-state index contributed by atoms with van der Waals surface area (Å²) in [6.45, 7) is 3.51. The molecule has 10 nitrogen and oxygen atoms in total. The number of ether oxygens (including phenoxy) is 1. The second-order valence-electron chi connectivity index (χ2n) is 7.62. The lowest BCUT2D eigenvalue weighted by atomic mass is 10.1. The van der Waals surface area contributed by atoms with Crippen LogP contribution in [-0.4, -0.2) is 50.9 Å². The van der Waals surface area contributed by atoms with Gasteiger partial charge in [-0.3, -0.25) is 0 Å². The van der Waals surface area contributed by atoms with Crippen molar-refractivity contribution < 1.29 is 18.8 Å². The minimum atomic E-state index is -2.95. The number of rotatable bonds is 8. The van der Waals surface area contributed by atoms with E-state index in [-0.39, 0.29) is 19.3 Å². The number of nitriles is 1. The van der Waals surface area contributed by atoms with Crippen molar-refractivity contribution in [2.75, 3.05) is 30.1 Å². The maximum Gasteiger partial charge on any atom is 0.442 e. The molecule has 2 atom stereocenters. The third-order valence-electron chi connectivity index (χ3n) is 4.81. The summed E-state index contributed by atoms with van der Waals surface area (Å²) in [5.74, 6) is 0.777. The summed E-state index contributed by atoms with van der Waals surface area (Å²) in [7, 11) is -2.95. The van der Waals surface area contributed by atoms with Crippen molar-refractivity contribution in [3.8, 4) is 17.2 Å². The lowest BCUT2D eigenvalue weighted by Crippen LogP contribution is -2.21. The van der Waals surface area contributed by atoms with Crippen molar-refractivity contribution in [3.05, 3.63) is 60.3 Å². The van der Waals surface area contributed by atoms with E-state index in [1.54, 1.807) is 55.6 Å². The Hall–Kier alpha value is -4.01. The smallest absolute Gasteiger partial charge is 0.442 e. The molecule has 1 heterocycles. The molecule has 0 aliphatic rings. The van der Waals surface area contributed by atoms with Gasteiger partial charge >= 0.3 is 6.09 Å². The first-order valence-corrected chi connectivity index (χ1v) is 12.7. The molecule has 3 aromatic rings. The summed E-state index contributed by atoms with van der Waals surface area (Å²) in [6.07, 6.45) is 2.13. The number of nitrogens with one attached hydrogen (secondary N) is 2. The molecular formula is C24H26N6O4S. The second-order valence-corrected chi connectivity index (χ2v) is 9.88. The molecule has 0 aliphatic carbocycles. The van der Waals surface area contributed by atoms with E-state index in [1.165, 1.54) is 6.26 Å². The Bertz CT molecular complexity index is 1360. The zero-order valence-electron chi connectivity index (χ0n) is 19.6. The summed E-state index contributed by atoms with van der Waals surface area (Å²) in [5, 5.41) is 25.0. The Morgan fingerprint density at radius 3 is 2.69 bits per heavy atom. The first-order chi connectivity index (χ1) is 16.7. The monoisotopic (exact) mass is 494 g/mol. The number of hydrogen-bond donors (Lipinski definition) is 3. The third-order valence-corrected chi connectivity index (χ3v) is 6.46. The number of hydrogen-bond acceptors (Lipinski definition) is 9. The van der Waals surface area contributed by atoms with Gasteiger partial charge < -0.3 is 20.5 Å². The van der Waals surface area contributed by atoms with Crippen LogP contribution in [0.1, 0.15) is 19.4 Å². The third kappa shape index (κ3) is 6.75. The van der Waals surface area contributed by atoms with E-state index in [9.17, 15) is 19.4 Å². The maximum absolute atomic E-state index is 12.8. The molecule has 1 unspecified atom stereocenters. The highest BCUT2D eigenvalue weighted by Crippen LogP contribution is 2.29. The van der Waals surface area contributed by atoms with Crippen LogP contribution in [0, 0.1) is 11.3 Å². The van der Waals surface area contributed by atoms with Crippen LogP contribution in [0.25, 0.3) is 11.1 Å². The van der Waals surface area contributed by atoms with Crippen LogP contribution in [-0.2, 0) is 14.5 Å². The van der Waals surface area contributed by atoms with Gasteiger partial charge in [0.05, 0.1) is 34.6 Å². The quantitative estimate of drug-likeness (QED) is 0.419. The van der Waals surface area contributed by atoms with Gasteiger partial charge in [-0.25, -0.2) is 14.0 Å². The van der Waals surface area contributed by atoms with Gasteiger partial charge in [-0.2, -0.15) is 10.2 Å². The van der Waals surface area contributed by atoms with Crippen molar-refractivity contribution in [2.24, 2.45) is 4.36 Å². The van der Waals surface area contributed by atoms with Crippen molar-refractivity contribution in [1.29, 1.82) is 5.26 Å². The van der Waals surface area contributed by atoms with E-state index >= 15 is 0 Å². The molecule has 0 aliphatic heterocycles. The van der Waals surface area contributed by atoms with Crippen molar-refractivity contribution in [2.45, 2.75) is 24.8 Å². The van der Waals surface area contributed by atoms with Crippen LogP contribution in [0.5, 0.6) is 0 Å². The van der Waals surface area contributed by atoms with Crippen molar-refractivity contribution in [1.82, 2.24) is 9.97 Å². The molecule has 0 saturated heterocycles. The number of amides is 1. The van der Waals surface area contributed by atoms with Gasteiger partial charge in [-0.05, 0) is 55.8 Å². The molecule has 35 heavy (non-hydrogen) atoms. The Labute approximate surface area is 204 Å². The molecule has 0 spiro atoms. The Morgan fingerprint density at radius 1 is 1.29 bits per heavy atom. The predicted octanol–water partition coefficient (Wildman–Crippen LogP) is 4.16. The fourth-order valence-corrected chi connectivity index (χ4v) is 4.15. The lowest BCUT2D eigenvalue weighted by Gasteiger charge is -2.17. The van der Waals surface area contributed by atoms with E-state index < -0.39 is 15.8 Å². The standard InChI is InChI=1S/C24H26N6O4S/c1-4-34-24(32)30-35(3,33)20-10-8-19(9-11-20)28-23-26-14-21(22(29-23)27-16(2)15-31)18-7-5-6-17(12-18)13-25/h5-12,14,16,31H,4,15H2,1-3H3,(H2,26,27,28,29)/t16-,35?/m1/s1. The summed E-state index contributed by atoms with van der Waals surface area (Å²) in [5.41, 5.74) is 2.57. The van der Waals surface area contributed by atoms with Crippen LogP contribution in [0.15, 0.2) is 64.0 Å². The Morgan fingerprint density at radius 2 is 2.03 bits per heavy atom. The molecule has 2 aromatic carbocycles. The van der Waals surface area contributed by atoms with Crippen molar-refractivity contribution >= 4 is 33.3 Å². The van der Waals surface area contributed by atoms with Gasteiger partial charge in [0, 0.05) is 34.6 Å². The zero-order chi connectivity index (χ0) is 25.4. The van der Waals surface area contributed by atoms with Gasteiger partial charge in [-0.1, -0.05) is 12.1 Å². The number of aliphatic hydroxyl groups excluding tert-OH is 1. The molecular weight excluding hydrogens is 468 g/mol. The molecule has 3 N–H and O–H groups in total. The minimum absolute atomic E-state index is 0.0982. The Kier molecular flexibility index (Phi) is 8.35. The van der Waals surface area contributed by atoms with Crippen molar-refractivity contribution in [3.63, 3.8) is 0 Å². The molecule has 0 saturated carbocycles. The average Bonchev–Trinajstić information content (AvgIpc) is 2.84. The molecule has 182 valence electrons. The maximum atomic E-state index is 12.8. The van der Waals surface area contributed by atoms with Gasteiger partial charge in [-0.15, -0.1) is 4.36 Å². The first-order valence-electron chi connectivity index (χ1n) is 10.8. The highest BCUT2D eigenvalue weighted by Gasteiger charge is 2.14. The minimum Gasteiger partial charge on any atom is -0.448 e. The second kappa shape index (κ2) is 11.4. The number of aromatic nitrogens is 2. The average molecular weight is 495 g/mol. The Balaban J connectivity index is 1.89. The fourth-order valence-electron chi connectivity index (χ4n) is 3.06. The van der Waals surface area contributed by atoms with Gasteiger partial charge in [0.15, 0.2) is 0 Å². The molecule has 0 bridgehead atoms. The van der Waals surface area contributed by atoms with Crippen LogP contribution in [0.4, 0.5) is 22.2 Å². The largest absolute Gasteiger partial charge is 0.448 e. The lowest BCUT2D eigenvalue weighted by molar-refractivity contribution is 0.164. The zero-order valence-corrected chi connectivity index (χ0v) is 20.4. The molecule has 3 rings (SSSR count). The normalized spacial score (nSPS) is 13.1. The highest BCUT2D eigenvalue weighted by molar-refractivity contribution is 7.93. The highest BCUT2D eigenvalue weighted by atomic mass is 32.2.